The average Bonchev–Trinajstić information content (AvgIpc) is 2.88. The van der Waals surface area contributed by atoms with Gasteiger partial charge in [0.15, 0.2) is 0 Å². The van der Waals surface area contributed by atoms with E-state index in [4.69, 9.17) is 0 Å². The Bertz CT molecular complexity index is 922. The number of fused-ring (bicyclic) bond motifs is 1. The molecule has 1 N–H and O–H groups in total. The molecular weight excluding hydrogens is 288 g/mol. The highest BCUT2D eigenvalue weighted by molar-refractivity contribution is 6.48. The van der Waals surface area contributed by atoms with Crippen LogP contribution in [0.15, 0.2) is 48.7 Å². The van der Waals surface area contributed by atoms with Crippen molar-refractivity contribution in [2.24, 2.45) is 7.05 Å². The van der Waals surface area contributed by atoms with Crippen molar-refractivity contribution < 1.29 is 9.59 Å². The van der Waals surface area contributed by atoms with Gasteiger partial charge in [-0.1, -0.05) is 30.3 Å². The SMILES string of the molecule is Cc1cccc(NC(=O)C(=O)c2cn(C)c3ccccc23)c1C. The molecule has 3 aromatic rings. The van der Waals surface area contributed by atoms with Gasteiger partial charge in [0.2, 0.25) is 0 Å². The summed E-state index contributed by atoms with van der Waals surface area (Å²) in [5.74, 6) is -1.14. The number of rotatable bonds is 3. The van der Waals surface area contributed by atoms with Gasteiger partial charge in [0.1, 0.15) is 0 Å². The highest BCUT2D eigenvalue weighted by Crippen LogP contribution is 2.22. The van der Waals surface area contributed by atoms with E-state index in [0.29, 0.717) is 11.3 Å². The average molecular weight is 306 g/mol. The molecule has 2 aromatic carbocycles. The maximum atomic E-state index is 12.5. The number of nitrogens with one attached hydrogen (secondary N) is 1. The van der Waals surface area contributed by atoms with Gasteiger partial charge in [0.05, 0.1) is 5.56 Å². The first kappa shape index (κ1) is 15.0. The van der Waals surface area contributed by atoms with Crippen LogP contribution in [-0.4, -0.2) is 16.3 Å². The predicted molar refractivity (Wildman–Crippen MR) is 91.8 cm³/mol. The fraction of sp³-hybridized carbons (Fsp3) is 0.158. The summed E-state index contributed by atoms with van der Waals surface area (Å²) in [6.07, 6.45) is 1.70. The van der Waals surface area contributed by atoms with E-state index < -0.39 is 11.7 Å². The van der Waals surface area contributed by atoms with Crippen LogP contribution in [0.4, 0.5) is 5.69 Å². The minimum atomic E-state index is -0.616. The molecule has 0 atom stereocenters. The van der Waals surface area contributed by atoms with Crippen molar-refractivity contribution in [2.75, 3.05) is 5.32 Å². The van der Waals surface area contributed by atoms with Crippen LogP contribution >= 0.6 is 0 Å². The van der Waals surface area contributed by atoms with E-state index in [9.17, 15) is 9.59 Å². The predicted octanol–water partition coefficient (Wildman–Crippen LogP) is 3.62. The molecule has 0 aliphatic carbocycles. The Hall–Kier alpha value is -2.88. The zero-order valence-electron chi connectivity index (χ0n) is 13.4. The van der Waals surface area contributed by atoms with Crippen molar-refractivity contribution in [3.63, 3.8) is 0 Å². The molecule has 1 heterocycles. The third-order valence-corrected chi connectivity index (χ3v) is 4.20. The minimum Gasteiger partial charge on any atom is -0.350 e. The van der Waals surface area contributed by atoms with Gasteiger partial charge in [-0.15, -0.1) is 0 Å². The van der Waals surface area contributed by atoms with Crippen LogP contribution in [0.25, 0.3) is 10.9 Å². The van der Waals surface area contributed by atoms with Crippen molar-refractivity contribution in [1.29, 1.82) is 0 Å². The fourth-order valence-electron chi connectivity index (χ4n) is 2.71. The monoisotopic (exact) mass is 306 g/mol. The fourth-order valence-corrected chi connectivity index (χ4v) is 2.71. The number of hydrogen-bond acceptors (Lipinski definition) is 2. The van der Waals surface area contributed by atoms with Gasteiger partial charge >= 0.3 is 0 Å². The molecule has 23 heavy (non-hydrogen) atoms. The highest BCUT2D eigenvalue weighted by Gasteiger charge is 2.21. The maximum Gasteiger partial charge on any atom is 0.296 e. The standard InChI is InChI=1S/C19H18N2O2/c1-12-7-6-9-16(13(12)2)20-19(23)18(22)15-11-21(3)17-10-5-4-8-14(15)17/h4-11H,1-3H3,(H,20,23). The number of carbonyl (C=O) groups excluding carboxylic acids is 2. The number of para-hydroxylation sites is 1. The molecule has 3 rings (SSSR count). The summed E-state index contributed by atoms with van der Waals surface area (Å²) < 4.78 is 1.85. The van der Waals surface area contributed by atoms with E-state index in [0.717, 1.165) is 22.0 Å². The number of nitrogens with zero attached hydrogens (tertiary/aromatic N) is 1. The second-order valence-corrected chi connectivity index (χ2v) is 5.70. The third-order valence-electron chi connectivity index (χ3n) is 4.20. The molecule has 0 fully saturated rings. The van der Waals surface area contributed by atoms with E-state index in [-0.39, 0.29) is 0 Å². The van der Waals surface area contributed by atoms with Crippen molar-refractivity contribution >= 4 is 28.3 Å². The van der Waals surface area contributed by atoms with Gasteiger partial charge in [0.25, 0.3) is 11.7 Å². The van der Waals surface area contributed by atoms with Crippen LogP contribution in [0.5, 0.6) is 0 Å². The summed E-state index contributed by atoms with van der Waals surface area (Å²) in [5, 5.41) is 3.51. The zero-order valence-corrected chi connectivity index (χ0v) is 13.4. The van der Waals surface area contributed by atoms with E-state index >= 15 is 0 Å². The molecule has 0 saturated heterocycles. The largest absolute Gasteiger partial charge is 0.350 e. The van der Waals surface area contributed by atoms with Gasteiger partial charge < -0.3 is 9.88 Å². The smallest absolute Gasteiger partial charge is 0.296 e. The highest BCUT2D eigenvalue weighted by atomic mass is 16.2. The second kappa shape index (κ2) is 5.72. The number of aryl methyl sites for hydroxylation is 2. The van der Waals surface area contributed by atoms with Crippen molar-refractivity contribution in [3.05, 3.63) is 65.4 Å². The van der Waals surface area contributed by atoms with Gasteiger partial charge in [-0.25, -0.2) is 0 Å². The van der Waals surface area contributed by atoms with E-state index in [2.05, 4.69) is 5.32 Å². The molecule has 0 aliphatic rings. The Labute approximate surface area is 134 Å². The van der Waals surface area contributed by atoms with Crippen LogP contribution < -0.4 is 5.32 Å². The second-order valence-electron chi connectivity index (χ2n) is 5.70. The van der Waals surface area contributed by atoms with Crippen LogP contribution in [0.3, 0.4) is 0 Å². The summed E-state index contributed by atoms with van der Waals surface area (Å²) >= 11 is 0. The molecule has 0 spiro atoms. The molecule has 0 radical (unpaired) electrons. The third kappa shape index (κ3) is 2.63. The van der Waals surface area contributed by atoms with E-state index in [1.165, 1.54) is 0 Å². The summed E-state index contributed by atoms with van der Waals surface area (Å²) in [6, 6.07) is 13.2. The molecule has 0 bridgehead atoms. The van der Waals surface area contributed by atoms with E-state index in [1.807, 2.05) is 61.9 Å². The van der Waals surface area contributed by atoms with Crippen molar-refractivity contribution in [3.8, 4) is 0 Å². The van der Waals surface area contributed by atoms with Gasteiger partial charge in [0, 0.05) is 29.8 Å². The lowest BCUT2D eigenvalue weighted by molar-refractivity contribution is -0.112. The summed E-state index contributed by atoms with van der Waals surface area (Å²) in [5.41, 5.74) is 4.05. The number of ketones is 1. The number of anilines is 1. The van der Waals surface area contributed by atoms with Crippen LogP contribution in [0.1, 0.15) is 21.5 Å². The Kier molecular flexibility index (Phi) is 3.74. The molecule has 0 saturated carbocycles. The first-order chi connectivity index (χ1) is 11.0. The van der Waals surface area contributed by atoms with E-state index in [1.54, 1.807) is 12.3 Å². The molecule has 4 nitrogen and oxygen atoms in total. The quantitative estimate of drug-likeness (QED) is 0.593. The van der Waals surface area contributed by atoms with Crippen LogP contribution in [-0.2, 0) is 11.8 Å². The zero-order chi connectivity index (χ0) is 16.6. The van der Waals surface area contributed by atoms with Gasteiger partial charge in [-0.05, 0) is 37.1 Å². The molecule has 4 heteroatoms. The maximum absolute atomic E-state index is 12.5. The number of benzene rings is 2. The number of hydrogen-bond donors (Lipinski definition) is 1. The lowest BCUT2D eigenvalue weighted by atomic mass is 10.1. The van der Waals surface area contributed by atoms with Gasteiger partial charge in [-0.2, -0.15) is 0 Å². The summed E-state index contributed by atoms with van der Waals surface area (Å²) in [4.78, 5) is 24.9. The van der Waals surface area contributed by atoms with Crippen LogP contribution in [0.2, 0.25) is 0 Å². The van der Waals surface area contributed by atoms with Crippen molar-refractivity contribution in [2.45, 2.75) is 13.8 Å². The summed E-state index contributed by atoms with van der Waals surface area (Å²) in [6.45, 7) is 3.89. The molecule has 0 unspecified atom stereocenters. The first-order valence-electron chi connectivity index (χ1n) is 7.45. The Morgan fingerprint density at radius 1 is 1.00 bits per heavy atom. The van der Waals surface area contributed by atoms with Gasteiger partial charge in [-0.3, -0.25) is 9.59 Å². The first-order valence-corrected chi connectivity index (χ1v) is 7.45. The molecule has 1 amide bonds. The number of aromatic nitrogens is 1. The molecule has 1 aromatic heterocycles. The Morgan fingerprint density at radius 2 is 1.74 bits per heavy atom. The van der Waals surface area contributed by atoms with Crippen molar-refractivity contribution in [1.82, 2.24) is 4.57 Å². The molecule has 116 valence electrons. The number of carbonyl (C=O) groups is 2. The normalized spacial score (nSPS) is 10.7. The topological polar surface area (TPSA) is 51.1 Å². The molecular formula is C19H18N2O2. The number of amides is 1. The van der Waals surface area contributed by atoms with Crippen LogP contribution in [0, 0.1) is 13.8 Å². The number of Topliss-reactive ketones (excluding diaryl/α,β-unsaturated/α-hetero) is 1. The summed E-state index contributed by atoms with van der Waals surface area (Å²) in [7, 11) is 1.86. The lowest BCUT2D eigenvalue weighted by Gasteiger charge is -2.09. The Balaban J connectivity index is 1.93. The Morgan fingerprint density at radius 3 is 2.52 bits per heavy atom. The molecule has 0 aliphatic heterocycles. The minimum absolute atomic E-state index is 0.422. The lowest BCUT2D eigenvalue weighted by Crippen LogP contribution is -2.23.